The number of carbonyl (C=O) groups is 2. The molecule has 1 fully saturated rings. The van der Waals surface area contributed by atoms with Crippen LogP contribution < -0.4 is 25.0 Å². The quantitative estimate of drug-likeness (QED) is 0.720. The van der Waals surface area contributed by atoms with Gasteiger partial charge in [0.1, 0.15) is 0 Å². The number of benzene rings is 2. The first-order chi connectivity index (χ1) is 14.1. The fourth-order valence-corrected chi connectivity index (χ4v) is 3.09. The average Bonchev–Trinajstić information content (AvgIpc) is 2.78. The molecule has 0 aromatic heterocycles. The molecule has 0 unspecified atom stereocenters. The van der Waals surface area contributed by atoms with E-state index in [2.05, 4.69) is 15.5 Å². The van der Waals surface area contributed by atoms with Gasteiger partial charge in [-0.25, -0.2) is 0 Å². The predicted octanol–water partition coefficient (Wildman–Crippen LogP) is 1.80. The van der Waals surface area contributed by atoms with Crippen molar-refractivity contribution in [2.75, 3.05) is 50.7 Å². The van der Waals surface area contributed by atoms with E-state index in [4.69, 9.17) is 14.2 Å². The summed E-state index contributed by atoms with van der Waals surface area (Å²) in [5.41, 5.74) is 2.26. The Morgan fingerprint density at radius 3 is 2.45 bits per heavy atom. The van der Waals surface area contributed by atoms with Gasteiger partial charge in [0.05, 0.1) is 38.8 Å². The number of morpholine rings is 1. The van der Waals surface area contributed by atoms with Crippen molar-refractivity contribution < 1.29 is 23.8 Å². The number of methoxy groups -OCH3 is 2. The minimum atomic E-state index is -0.716. The molecule has 0 atom stereocenters. The normalized spacial score (nSPS) is 13.5. The molecule has 0 spiro atoms. The smallest absolute Gasteiger partial charge is 0.313 e. The fourth-order valence-electron chi connectivity index (χ4n) is 3.09. The van der Waals surface area contributed by atoms with Gasteiger partial charge in [0.15, 0.2) is 11.5 Å². The Morgan fingerprint density at radius 1 is 1.00 bits per heavy atom. The highest BCUT2D eigenvalue weighted by molar-refractivity contribution is 6.39. The van der Waals surface area contributed by atoms with Crippen LogP contribution in [0.2, 0.25) is 0 Å². The zero-order valence-electron chi connectivity index (χ0n) is 16.6. The Balaban J connectivity index is 1.61. The van der Waals surface area contributed by atoms with Gasteiger partial charge in [-0.15, -0.1) is 0 Å². The molecule has 3 rings (SSSR count). The highest BCUT2D eigenvalue weighted by atomic mass is 16.5. The summed E-state index contributed by atoms with van der Waals surface area (Å²) in [5, 5.41) is 5.33. The third-order valence-corrected chi connectivity index (χ3v) is 4.61. The predicted molar refractivity (Wildman–Crippen MR) is 109 cm³/mol. The third kappa shape index (κ3) is 5.17. The van der Waals surface area contributed by atoms with Crippen molar-refractivity contribution in [3.8, 4) is 11.5 Å². The summed E-state index contributed by atoms with van der Waals surface area (Å²) in [5.74, 6) is -0.272. The lowest BCUT2D eigenvalue weighted by Crippen LogP contribution is -2.38. The molecule has 1 saturated heterocycles. The maximum atomic E-state index is 12.4. The van der Waals surface area contributed by atoms with Gasteiger partial charge in [0.2, 0.25) is 0 Å². The summed E-state index contributed by atoms with van der Waals surface area (Å²) in [6.07, 6.45) is 0. The van der Waals surface area contributed by atoms with Gasteiger partial charge in [-0.05, 0) is 29.8 Å². The molecule has 0 aliphatic carbocycles. The molecule has 2 aromatic carbocycles. The molecule has 0 bridgehead atoms. The van der Waals surface area contributed by atoms with E-state index in [0.29, 0.717) is 30.4 Å². The lowest BCUT2D eigenvalue weighted by Gasteiger charge is -2.30. The van der Waals surface area contributed by atoms with Crippen LogP contribution in [0.1, 0.15) is 5.56 Å². The van der Waals surface area contributed by atoms with E-state index in [1.165, 1.54) is 0 Å². The van der Waals surface area contributed by atoms with E-state index >= 15 is 0 Å². The van der Waals surface area contributed by atoms with E-state index in [1.807, 2.05) is 18.2 Å². The molecule has 2 aromatic rings. The van der Waals surface area contributed by atoms with Gasteiger partial charge < -0.3 is 29.7 Å². The number of rotatable bonds is 6. The van der Waals surface area contributed by atoms with Crippen LogP contribution in [-0.2, 0) is 20.9 Å². The minimum absolute atomic E-state index is 0.192. The second-order valence-corrected chi connectivity index (χ2v) is 6.44. The second-order valence-electron chi connectivity index (χ2n) is 6.44. The monoisotopic (exact) mass is 399 g/mol. The largest absolute Gasteiger partial charge is 0.493 e. The third-order valence-electron chi connectivity index (χ3n) is 4.61. The first-order valence-electron chi connectivity index (χ1n) is 9.34. The lowest BCUT2D eigenvalue weighted by atomic mass is 10.2. The summed E-state index contributed by atoms with van der Waals surface area (Å²) in [6, 6.07) is 12.7. The molecule has 29 heavy (non-hydrogen) atoms. The van der Waals surface area contributed by atoms with Crippen molar-refractivity contribution in [1.29, 1.82) is 0 Å². The van der Waals surface area contributed by atoms with Crippen LogP contribution in [-0.4, -0.2) is 52.3 Å². The zero-order valence-corrected chi connectivity index (χ0v) is 16.6. The summed E-state index contributed by atoms with van der Waals surface area (Å²) in [7, 11) is 3.10. The molecule has 1 aliphatic rings. The summed E-state index contributed by atoms with van der Waals surface area (Å²) < 4.78 is 15.8. The van der Waals surface area contributed by atoms with E-state index in [-0.39, 0.29) is 6.54 Å². The standard InChI is InChI=1S/C21H25N3O5/c1-27-18-8-7-15(13-19(18)28-2)14-22-20(25)21(26)23-16-5-3-4-6-17(16)24-9-11-29-12-10-24/h3-8,13H,9-12,14H2,1-2H3,(H,22,25)(H,23,26). The first kappa shape index (κ1) is 20.5. The van der Waals surface area contributed by atoms with Crippen molar-refractivity contribution in [3.05, 3.63) is 48.0 Å². The maximum absolute atomic E-state index is 12.4. The molecule has 8 heteroatoms. The van der Waals surface area contributed by atoms with Crippen LogP contribution in [0.25, 0.3) is 0 Å². The molecular formula is C21H25N3O5. The topological polar surface area (TPSA) is 89.1 Å². The Labute approximate surface area is 169 Å². The maximum Gasteiger partial charge on any atom is 0.313 e. The van der Waals surface area contributed by atoms with Crippen LogP contribution in [0.5, 0.6) is 11.5 Å². The number of amides is 2. The van der Waals surface area contributed by atoms with Crippen molar-refractivity contribution in [2.24, 2.45) is 0 Å². The number of hydrogen-bond donors (Lipinski definition) is 2. The van der Waals surface area contributed by atoms with Crippen LogP contribution >= 0.6 is 0 Å². The molecule has 154 valence electrons. The molecule has 8 nitrogen and oxygen atoms in total. The van der Waals surface area contributed by atoms with Crippen LogP contribution in [0.15, 0.2) is 42.5 Å². The van der Waals surface area contributed by atoms with Crippen LogP contribution in [0.4, 0.5) is 11.4 Å². The van der Waals surface area contributed by atoms with Gasteiger partial charge >= 0.3 is 11.8 Å². The molecule has 0 radical (unpaired) electrons. The van der Waals surface area contributed by atoms with E-state index in [9.17, 15) is 9.59 Å². The van der Waals surface area contributed by atoms with Crippen LogP contribution in [0.3, 0.4) is 0 Å². The summed E-state index contributed by atoms with van der Waals surface area (Å²) in [4.78, 5) is 26.8. The summed E-state index contributed by atoms with van der Waals surface area (Å²) in [6.45, 7) is 2.93. The highest BCUT2D eigenvalue weighted by Crippen LogP contribution is 2.28. The number of para-hydroxylation sites is 2. The van der Waals surface area contributed by atoms with Gasteiger partial charge in [0, 0.05) is 19.6 Å². The molecule has 1 heterocycles. The molecule has 2 amide bonds. The SMILES string of the molecule is COc1ccc(CNC(=O)C(=O)Nc2ccccc2N2CCOCC2)cc1OC. The number of nitrogens with one attached hydrogen (secondary N) is 2. The number of ether oxygens (including phenoxy) is 3. The van der Waals surface area contributed by atoms with Crippen molar-refractivity contribution in [2.45, 2.75) is 6.54 Å². The average molecular weight is 399 g/mol. The number of hydrogen-bond acceptors (Lipinski definition) is 6. The second kappa shape index (κ2) is 9.79. The van der Waals surface area contributed by atoms with Crippen molar-refractivity contribution >= 4 is 23.2 Å². The highest BCUT2D eigenvalue weighted by Gasteiger charge is 2.19. The Bertz CT molecular complexity index is 865. The fraction of sp³-hybridized carbons (Fsp3) is 0.333. The number of carbonyl (C=O) groups excluding carboxylic acids is 2. The molecule has 1 aliphatic heterocycles. The van der Waals surface area contributed by atoms with Gasteiger partial charge in [0.25, 0.3) is 0 Å². The Morgan fingerprint density at radius 2 is 1.72 bits per heavy atom. The van der Waals surface area contributed by atoms with Crippen molar-refractivity contribution in [3.63, 3.8) is 0 Å². The van der Waals surface area contributed by atoms with E-state index in [1.54, 1.807) is 38.5 Å². The Kier molecular flexibility index (Phi) is 6.91. The Hall–Kier alpha value is -3.26. The number of nitrogens with zero attached hydrogens (tertiary/aromatic N) is 1. The molecular weight excluding hydrogens is 374 g/mol. The number of anilines is 2. The zero-order chi connectivity index (χ0) is 20.6. The lowest BCUT2D eigenvalue weighted by molar-refractivity contribution is -0.136. The van der Waals surface area contributed by atoms with Crippen molar-refractivity contribution in [1.82, 2.24) is 5.32 Å². The van der Waals surface area contributed by atoms with E-state index < -0.39 is 11.8 Å². The van der Waals surface area contributed by atoms with Gasteiger partial charge in [-0.3, -0.25) is 9.59 Å². The van der Waals surface area contributed by atoms with E-state index in [0.717, 1.165) is 24.3 Å². The first-order valence-corrected chi connectivity index (χ1v) is 9.34. The molecule has 0 saturated carbocycles. The van der Waals surface area contributed by atoms with Gasteiger partial charge in [-0.1, -0.05) is 18.2 Å². The minimum Gasteiger partial charge on any atom is -0.493 e. The van der Waals surface area contributed by atoms with Gasteiger partial charge in [-0.2, -0.15) is 0 Å². The van der Waals surface area contributed by atoms with Crippen LogP contribution in [0, 0.1) is 0 Å². The molecule has 2 N–H and O–H groups in total. The summed E-state index contributed by atoms with van der Waals surface area (Å²) >= 11 is 0.